The molecule has 0 spiro atoms. The van der Waals surface area contributed by atoms with Gasteiger partial charge in [0.15, 0.2) is 0 Å². The van der Waals surface area contributed by atoms with Crippen molar-refractivity contribution in [3.05, 3.63) is 10.0 Å². The number of hydrogen-bond acceptors (Lipinski definition) is 5. The zero-order valence-electron chi connectivity index (χ0n) is 5.68. The molecule has 0 radical (unpaired) electrons. The fraction of sp³-hybridized carbons (Fsp3) is 0.500. The first-order valence-electron chi connectivity index (χ1n) is 2.71. The van der Waals surface area contributed by atoms with E-state index in [4.69, 9.17) is 4.55 Å². The number of rotatable bonds is 2. The Morgan fingerprint density at radius 1 is 1.55 bits per heavy atom. The fourth-order valence-electron chi connectivity index (χ4n) is 0.552. The zero-order chi connectivity index (χ0) is 8.48. The van der Waals surface area contributed by atoms with Gasteiger partial charge in [-0.2, -0.15) is 8.42 Å². The van der Waals surface area contributed by atoms with Gasteiger partial charge in [-0.05, 0) is 6.92 Å². The van der Waals surface area contributed by atoms with Gasteiger partial charge in [0.25, 0.3) is 10.1 Å². The average molecular weight is 194 g/mol. The van der Waals surface area contributed by atoms with Crippen molar-refractivity contribution >= 4 is 21.5 Å². The van der Waals surface area contributed by atoms with Crippen LogP contribution in [0.15, 0.2) is 0 Å². The van der Waals surface area contributed by atoms with E-state index in [0.29, 0.717) is 10.0 Å². The van der Waals surface area contributed by atoms with Crippen molar-refractivity contribution in [1.29, 1.82) is 0 Å². The smallest absolute Gasteiger partial charge is 0.271 e. The molecule has 0 aliphatic rings. The number of nitrogens with zero attached hydrogens (tertiary/aromatic N) is 2. The molecule has 11 heavy (non-hydrogen) atoms. The van der Waals surface area contributed by atoms with E-state index in [1.165, 1.54) is 0 Å². The van der Waals surface area contributed by atoms with E-state index in [0.717, 1.165) is 11.3 Å². The first-order valence-corrected chi connectivity index (χ1v) is 5.14. The molecule has 1 aromatic heterocycles. The Kier molecular flexibility index (Phi) is 2.21. The minimum absolute atomic E-state index is 0.310. The van der Waals surface area contributed by atoms with Crippen LogP contribution in [0.25, 0.3) is 0 Å². The molecule has 1 rings (SSSR count). The molecule has 0 aliphatic carbocycles. The van der Waals surface area contributed by atoms with Gasteiger partial charge in [0.2, 0.25) is 0 Å². The molecule has 0 bridgehead atoms. The summed E-state index contributed by atoms with van der Waals surface area (Å²) in [5.41, 5.74) is 0. The van der Waals surface area contributed by atoms with Crippen LogP contribution in [-0.4, -0.2) is 23.2 Å². The van der Waals surface area contributed by atoms with E-state index in [2.05, 4.69) is 10.2 Å². The second-order valence-electron chi connectivity index (χ2n) is 1.94. The average Bonchev–Trinajstić information content (AvgIpc) is 2.10. The predicted octanol–water partition coefficient (Wildman–Crippen LogP) is 0.234. The summed E-state index contributed by atoms with van der Waals surface area (Å²) < 4.78 is 29.0. The lowest BCUT2D eigenvalue weighted by Gasteiger charge is -1.87. The molecular formula is C4H6N2O3S2. The van der Waals surface area contributed by atoms with Gasteiger partial charge in [-0.1, -0.05) is 0 Å². The molecule has 62 valence electrons. The molecule has 0 unspecified atom stereocenters. The summed E-state index contributed by atoms with van der Waals surface area (Å²) in [6, 6.07) is 0. The van der Waals surface area contributed by atoms with Crippen LogP contribution in [0.1, 0.15) is 10.0 Å². The summed E-state index contributed by atoms with van der Waals surface area (Å²) in [6.45, 7) is 1.71. The maximum atomic E-state index is 10.3. The molecule has 0 atom stereocenters. The third kappa shape index (κ3) is 2.91. The van der Waals surface area contributed by atoms with Gasteiger partial charge >= 0.3 is 0 Å². The zero-order valence-corrected chi connectivity index (χ0v) is 7.31. The van der Waals surface area contributed by atoms with Gasteiger partial charge in [0, 0.05) is 0 Å². The lowest BCUT2D eigenvalue weighted by molar-refractivity contribution is 0.482. The molecule has 1 heterocycles. The molecule has 0 saturated carbocycles. The van der Waals surface area contributed by atoms with E-state index in [1.54, 1.807) is 6.92 Å². The van der Waals surface area contributed by atoms with E-state index in [-0.39, 0.29) is 0 Å². The van der Waals surface area contributed by atoms with Crippen LogP contribution in [0, 0.1) is 6.92 Å². The monoisotopic (exact) mass is 194 g/mol. The van der Waals surface area contributed by atoms with Crippen LogP contribution >= 0.6 is 11.3 Å². The Hall–Kier alpha value is -0.530. The fourth-order valence-corrected chi connectivity index (χ4v) is 2.11. The van der Waals surface area contributed by atoms with Gasteiger partial charge in [-0.25, -0.2) is 0 Å². The summed E-state index contributed by atoms with van der Waals surface area (Å²) >= 11 is 1.15. The van der Waals surface area contributed by atoms with Crippen molar-refractivity contribution < 1.29 is 13.0 Å². The standard InChI is InChI=1S/C4H6N2O3S2/c1-3-5-6-4(10-3)2-11(7,8)9/h2H2,1H3,(H,7,8,9). The molecule has 7 heteroatoms. The van der Waals surface area contributed by atoms with Gasteiger partial charge in [-0.15, -0.1) is 21.5 Å². The summed E-state index contributed by atoms with van der Waals surface area (Å²) in [6.07, 6.45) is 0. The summed E-state index contributed by atoms with van der Waals surface area (Å²) in [7, 11) is -3.96. The Bertz CT molecular complexity index is 342. The van der Waals surface area contributed by atoms with Gasteiger partial charge < -0.3 is 0 Å². The van der Waals surface area contributed by atoms with Gasteiger partial charge in [0.1, 0.15) is 15.8 Å². The topological polar surface area (TPSA) is 80.2 Å². The molecule has 1 N–H and O–H groups in total. The van der Waals surface area contributed by atoms with Crippen LogP contribution in [0.5, 0.6) is 0 Å². The molecular weight excluding hydrogens is 188 g/mol. The third-order valence-corrected chi connectivity index (χ3v) is 2.53. The Morgan fingerprint density at radius 3 is 2.55 bits per heavy atom. The Labute approximate surface area is 67.8 Å². The van der Waals surface area contributed by atoms with E-state index >= 15 is 0 Å². The summed E-state index contributed by atoms with van der Waals surface area (Å²) in [5.74, 6) is -0.446. The van der Waals surface area contributed by atoms with Gasteiger partial charge in [0.05, 0.1) is 0 Å². The van der Waals surface area contributed by atoms with Crippen LogP contribution in [0.2, 0.25) is 0 Å². The Balaban J connectivity index is 2.81. The predicted molar refractivity (Wildman–Crippen MR) is 39.9 cm³/mol. The van der Waals surface area contributed by atoms with E-state index in [1.807, 2.05) is 0 Å². The minimum Gasteiger partial charge on any atom is -0.285 e. The lowest BCUT2D eigenvalue weighted by Crippen LogP contribution is -2.00. The number of aromatic nitrogens is 2. The van der Waals surface area contributed by atoms with Crippen LogP contribution in [0.3, 0.4) is 0 Å². The molecule has 0 aromatic carbocycles. The number of hydrogen-bond donors (Lipinski definition) is 1. The molecule has 0 aliphatic heterocycles. The van der Waals surface area contributed by atoms with Crippen molar-refractivity contribution in [2.75, 3.05) is 0 Å². The first kappa shape index (κ1) is 8.57. The molecule has 1 aromatic rings. The van der Waals surface area contributed by atoms with Crippen molar-refractivity contribution in [3.63, 3.8) is 0 Å². The highest BCUT2D eigenvalue weighted by atomic mass is 32.2. The SMILES string of the molecule is Cc1nnc(CS(=O)(=O)O)s1. The van der Waals surface area contributed by atoms with Crippen molar-refractivity contribution in [2.24, 2.45) is 0 Å². The molecule has 0 fully saturated rings. The highest BCUT2D eigenvalue weighted by Crippen LogP contribution is 2.10. The Morgan fingerprint density at radius 2 is 2.18 bits per heavy atom. The lowest BCUT2D eigenvalue weighted by atomic mass is 10.8. The van der Waals surface area contributed by atoms with Crippen molar-refractivity contribution in [2.45, 2.75) is 12.7 Å². The maximum Gasteiger partial charge on any atom is 0.271 e. The first-order chi connectivity index (χ1) is 4.97. The van der Waals surface area contributed by atoms with Gasteiger partial charge in [-0.3, -0.25) is 4.55 Å². The van der Waals surface area contributed by atoms with E-state index in [9.17, 15) is 8.42 Å². The third-order valence-electron chi connectivity index (χ3n) is 0.874. The minimum atomic E-state index is -3.96. The largest absolute Gasteiger partial charge is 0.285 e. The second kappa shape index (κ2) is 2.84. The highest BCUT2D eigenvalue weighted by Gasteiger charge is 2.10. The highest BCUT2D eigenvalue weighted by molar-refractivity contribution is 7.85. The maximum absolute atomic E-state index is 10.3. The van der Waals surface area contributed by atoms with Crippen molar-refractivity contribution in [1.82, 2.24) is 10.2 Å². The van der Waals surface area contributed by atoms with Crippen LogP contribution in [0.4, 0.5) is 0 Å². The summed E-state index contributed by atoms with van der Waals surface area (Å²) in [4.78, 5) is 0. The normalized spacial score (nSPS) is 11.8. The molecule has 0 amide bonds. The quantitative estimate of drug-likeness (QED) is 0.682. The van der Waals surface area contributed by atoms with E-state index < -0.39 is 15.9 Å². The molecule has 0 saturated heterocycles. The van der Waals surface area contributed by atoms with Crippen molar-refractivity contribution in [3.8, 4) is 0 Å². The second-order valence-corrected chi connectivity index (χ2v) is 4.66. The number of aryl methyl sites for hydroxylation is 1. The summed E-state index contributed by atoms with van der Waals surface area (Å²) in [5, 5.41) is 8.12. The van der Waals surface area contributed by atoms with Crippen LogP contribution < -0.4 is 0 Å². The molecule has 5 nitrogen and oxygen atoms in total. The van der Waals surface area contributed by atoms with Crippen LogP contribution in [-0.2, 0) is 15.9 Å².